The van der Waals surface area contributed by atoms with Crippen molar-refractivity contribution in [2.45, 2.75) is 13.8 Å². The van der Waals surface area contributed by atoms with Crippen molar-refractivity contribution in [3.8, 4) is 5.75 Å². The highest BCUT2D eigenvalue weighted by atomic mass is 16.6. The molecule has 0 bridgehead atoms. The molecule has 2 aromatic rings. The molecule has 0 fully saturated rings. The molecule has 2 aromatic carbocycles. The fourth-order valence-corrected chi connectivity index (χ4v) is 2.48. The van der Waals surface area contributed by atoms with E-state index in [2.05, 4.69) is 15.4 Å². The van der Waals surface area contributed by atoms with Gasteiger partial charge in [0.25, 0.3) is 5.69 Å². The normalized spacial score (nSPS) is 10.7. The number of rotatable bonds is 8. The first-order valence-electron chi connectivity index (χ1n) is 8.17. The Hall–Kier alpha value is -3.69. The molecule has 0 aliphatic heterocycles. The number of aromatic hydroxyl groups is 1. The van der Waals surface area contributed by atoms with Crippen LogP contribution in [0.15, 0.2) is 41.5 Å². The van der Waals surface area contributed by atoms with E-state index < -0.39 is 15.5 Å². The Kier molecular flexibility index (Phi) is 6.26. The van der Waals surface area contributed by atoms with Crippen molar-refractivity contribution in [1.29, 1.82) is 0 Å². The number of phenolic OH excluding ortho intramolecular Hbond substituents is 1. The molecule has 0 aromatic heterocycles. The lowest BCUT2D eigenvalue weighted by molar-refractivity contribution is -0.393. The second-order valence-corrected chi connectivity index (χ2v) is 5.50. The van der Waals surface area contributed by atoms with Crippen LogP contribution < -0.4 is 10.3 Å². The predicted octanol–water partition coefficient (Wildman–Crippen LogP) is 3.50. The van der Waals surface area contributed by atoms with Crippen LogP contribution in [0.1, 0.15) is 19.4 Å². The summed E-state index contributed by atoms with van der Waals surface area (Å²) in [7, 11) is 0. The summed E-state index contributed by atoms with van der Waals surface area (Å²) in [6, 6.07) is 8.33. The predicted molar refractivity (Wildman–Crippen MR) is 103 cm³/mol. The molecule has 27 heavy (non-hydrogen) atoms. The van der Waals surface area contributed by atoms with Crippen LogP contribution in [0.2, 0.25) is 0 Å². The third-order valence-corrected chi connectivity index (χ3v) is 3.92. The first kappa shape index (κ1) is 19.6. The maximum Gasteiger partial charge on any atom is 0.301 e. The molecule has 2 rings (SSSR count). The number of benzene rings is 2. The van der Waals surface area contributed by atoms with Gasteiger partial charge in [-0.1, -0.05) is 0 Å². The molecule has 10 heteroatoms. The van der Waals surface area contributed by atoms with Gasteiger partial charge in [-0.05, 0) is 32.0 Å². The van der Waals surface area contributed by atoms with Crippen molar-refractivity contribution in [2.24, 2.45) is 5.10 Å². The van der Waals surface area contributed by atoms with Crippen molar-refractivity contribution >= 4 is 29.0 Å². The molecular weight excluding hydrogens is 354 g/mol. The smallest absolute Gasteiger partial charge is 0.301 e. The fraction of sp³-hybridized carbons (Fsp3) is 0.235. The van der Waals surface area contributed by atoms with Crippen LogP contribution in [0.3, 0.4) is 0 Å². The van der Waals surface area contributed by atoms with Crippen LogP contribution in [-0.4, -0.2) is 34.3 Å². The van der Waals surface area contributed by atoms with Gasteiger partial charge in [0.1, 0.15) is 11.4 Å². The maximum absolute atomic E-state index is 11.1. The first-order valence-corrected chi connectivity index (χ1v) is 8.17. The van der Waals surface area contributed by atoms with Gasteiger partial charge in [-0.15, -0.1) is 0 Å². The molecule has 0 spiro atoms. The highest BCUT2D eigenvalue weighted by Crippen LogP contribution is 2.29. The van der Waals surface area contributed by atoms with E-state index in [4.69, 9.17) is 0 Å². The number of phenols is 1. The van der Waals surface area contributed by atoms with Gasteiger partial charge in [-0.2, -0.15) is 5.10 Å². The highest BCUT2D eigenvalue weighted by molar-refractivity contribution is 5.85. The number of non-ortho nitro benzene ring substituents is 1. The monoisotopic (exact) mass is 373 g/mol. The Balaban J connectivity index is 2.20. The molecule has 0 heterocycles. The van der Waals surface area contributed by atoms with E-state index in [1.54, 1.807) is 12.1 Å². The molecule has 0 unspecified atom stereocenters. The zero-order chi connectivity index (χ0) is 20.0. The molecule has 0 aliphatic rings. The largest absolute Gasteiger partial charge is 0.507 e. The fourth-order valence-electron chi connectivity index (χ4n) is 2.48. The van der Waals surface area contributed by atoms with Gasteiger partial charge in [0.2, 0.25) is 0 Å². The van der Waals surface area contributed by atoms with E-state index in [9.17, 15) is 25.3 Å². The summed E-state index contributed by atoms with van der Waals surface area (Å²) in [4.78, 5) is 22.5. The third-order valence-electron chi connectivity index (χ3n) is 3.92. The molecule has 0 atom stereocenters. The summed E-state index contributed by atoms with van der Waals surface area (Å²) in [5.74, 6) is 0.0168. The van der Waals surface area contributed by atoms with E-state index in [0.29, 0.717) is 5.56 Å². The van der Waals surface area contributed by atoms with E-state index >= 15 is 0 Å². The molecule has 0 saturated carbocycles. The average Bonchev–Trinajstić information content (AvgIpc) is 2.64. The standard InChI is InChI=1S/C17H19N5O5/c1-3-20(4-2)13-6-5-12(17(23)10-13)11-18-19-15-8-7-14(21(24)25)9-16(15)22(26)27/h5-11,19,23H,3-4H2,1-2H3/b18-11+. The van der Waals surface area contributed by atoms with Crippen LogP contribution in [-0.2, 0) is 0 Å². The number of anilines is 2. The van der Waals surface area contributed by atoms with Gasteiger partial charge in [0.05, 0.1) is 22.1 Å². The number of hydrogen-bond donors (Lipinski definition) is 2. The average molecular weight is 373 g/mol. The van der Waals surface area contributed by atoms with Crippen LogP contribution in [0.4, 0.5) is 22.7 Å². The summed E-state index contributed by atoms with van der Waals surface area (Å²) >= 11 is 0. The van der Waals surface area contributed by atoms with Crippen molar-refractivity contribution in [3.05, 3.63) is 62.2 Å². The number of nitro benzene ring substituents is 2. The summed E-state index contributed by atoms with van der Waals surface area (Å²) < 4.78 is 0. The van der Waals surface area contributed by atoms with Crippen molar-refractivity contribution in [3.63, 3.8) is 0 Å². The molecule has 142 valence electrons. The number of hydrazone groups is 1. The quantitative estimate of drug-likeness (QED) is 0.411. The van der Waals surface area contributed by atoms with Gasteiger partial charge in [0, 0.05) is 36.5 Å². The molecule has 2 N–H and O–H groups in total. The first-order chi connectivity index (χ1) is 12.9. The Labute approximate surface area is 155 Å². The lowest BCUT2D eigenvalue weighted by Gasteiger charge is -2.21. The number of hydrogen-bond acceptors (Lipinski definition) is 8. The van der Waals surface area contributed by atoms with Gasteiger partial charge >= 0.3 is 5.69 Å². The minimum atomic E-state index is -0.735. The van der Waals surface area contributed by atoms with Crippen molar-refractivity contribution < 1.29 is 15.0 Å². The van der Waals surface area contributed by atoms with E-state index in [0.717, 1.165) is 30.9 Å². The SMILES string of the molecule is CCN(CC)c1ccc(/C=N/Nc2ccc([N+](=O)[O-])cc2[N+](=O)[O-])c(O)c1. The van der Waals surface area contributed by atoms with Gasteiger partial charge in [-0.25, -0.2) is 0 Å². The molecule has 0 radical (unpaired) electrons. The Morgan fingerprint density at radius 2 is 1.81 bits per heavy atom. The van der Waals surface area contributed by atoms with Crippen LogP contribution >= 0.6 is 0 Å². The van der Waals surface area contributed by atoms with Gasteiger partial charge < -0.3 is 10.0 Å². The number of nitrogens with one attached hydrogen (secondary N) is 1. The molecule has 0 saturated heterocycles. The minimum Gasteiger partial charge on any atom is -0.507 e. The molecule has 0 amide bonds. The molecular formula is C17H19N5O5. The Morgan fingerprint density at radius 3 is 2.37 bits per heavy atom. The van der Waals surface area contributed by atoms with Gasteiger partial charge in [-0.3, -0.25) is 25.7 Å². The molecule has 0 aliphatic carbocycles. The molecule has 10 nitrogen and oxygen atoms in total. The van der Waals surface area contributed by atoms with E-state index in [-0.39, 0.29) is 17.1 Å². The van der Waals surface area contributed by atoms with E-state index in [1.807, 2.05) is 19.9 Å². The zero-order valence-electron chi connectivity index (χ0n) is 14.8. The summed E-state index contributed by atoms with van der Waals surface area (Å²) in [5.41, 5.74) is 2.91. The second kappa shape index (κ2) is 8.61. The summed E-state index contributed by atoms with van der Waals surface area (Å²) in [6.45, 7) is 5.62. The lowest BCUT2D eigenvalue weighted by Crippen LogP contribution is -2.21. The zero-order valence-corrected chi connectivity index (χ0v) is 14.8. The maximum atomic E-state index is 11.1. The summed E-state index contributed by atoms with van der Waals surface area (Å²) in [5, 5.41) is 35.9. The minimum absolute atomic E-state index is 0.00102. The van der Waals surface area contributed by atoms with Crippen molar-refractivity contribution in [1.82, 2.24) is 0 Å². The Morgan fingerprint density at radius 1 is 1.11 bits per heavy atom. The van der Waals surface area contributed by atoms with Crippen LogP contribution in [0.5, 0.6) is 5.75 Å². The lowest BCUT2D eigenvalue weighted by atomic mass is 10.2. The summed E-state index contributed by atoms with van der Waals surface area (Å²) in [6.07, 6.45) is 1.31. The van der Waals surface area contributed by atoms with Gasteiger partial charge in [0.15, 0.2) is 0 Å². The van der Waals surface area contributed by atoms with Crippen LogP contribution in [0.25, 0.3) is 0 Å². The van der Waals surface area contributed by atoms with Crippen molar-refractivity contribution in [2.75, 3.05) is 23.4 Å². The topological polar surface area (TPSA) is 134 Å². The third kappa shape index (κ3) is 4.69. The number of nitro groups is 2. The Bertz CT molecular complexity index is 880. The number of nitrogens with zero attached hydrogens (tertiary/aromatic N) is 4. The van der Waals surface area contributed by atoms with E-state index in [1.165, 1.54) is 12.3 Å². The second-order valence-electron chi connectivity index (χ2n) is 5.50. The van der Waals surface area contributed by atoms with Crippen LogP contribution in [0, 0.1) is 20.2 Å². The highest BCUT2D eigenvalue weighted by Gasteiger charge is 2.19.